The fraction of sp³-hybridized carbons (Fsp3) is 0.312. The zero-order chi connectivity index (χ0) is 14.8. The molecule has 1 aliphatic heterocycles. The molecule has 1 saturated heterocycles. The van der Waals surface area contributed by atoms with Crippen LogP contribution in [-0.4, -0.2) is 31.8 Å². The summed E-state index contributed by atoms with van der Waals surface area (Å²) in [5, 5.41) is 5.76. The SMILES string of the molecule is COC(=O)[C@@H]1C[C@@H](Oc2ccc(Cl)c3ccccc23)CN1.Cl. The third-order valence-corrected chi connectivity index (χ3v) is 4.03. The average molecular weight is 342 g/mol. The Labute approximate surface area is 140 Å². The van der Waals surface area contributed by atoms with Crippen molar-refractivity contribution in [3.63, 3.8) is 0 Å². The Bertz CT molecular complexity index is 677. The van der Waals surface area contributed by atoms with Crippen LogP contribution < -0.4 is 10.1 Å². The summed E-state index contributed by atoms with van der Waals surface area (Å²) in [7, 11) is 1.39. The van der Waals surface area contributed by atoms with Crippen LogP contribution >= 0.6 is 24.0 Å². The van der Waals surface area contributed by atoms with Crippen molar-refractivity contribution in [2.75, 3.05) is 13.7 Å². The molecule has 1 heterocycles. The third kappa shape index (κ3) is 3.29. The average Bonchev–Trinajstić information content (AvgIpc) is 2.98. The quantitative estimate of drug-likeness (QED) is 0.871. The smallest absolute Gasteiger partial charge is 0.323 e. The van der Waals surface area contributed by atoms with Gasteiger partial charge in [-0.2, -0.15) is 0 Å². The summed E-state index contributed by atoms with van der Waals surface area (Å²) in [4.78, 5) is 11.5. The first-order chi connectivity index (χ1) is 10.2. The van der Waals surface area contributed by atoms with Crippen molar-refractivity contribution in [3.05, 3.63) is 41.4 Å². The number of esters is 1. The number of methoxy groups -OCH3 is 1. The van der Waals surface area contributed by atoms with E-state index in [0.717, 1.165) is 16.5 Å². The number of halogens is 2. The molecule has 22 heavy (non-hydrogen) atoms. The zero-order valence-electron chi connectivity index (χ0n) is 12.0. The molecule has 0 aliphatic carbocycles. The third-order valence-electron chi connectivity index (χ3n) is 3.70. The molecule has 0 bridgehead atoms. The lowest BCUT2D eigenvalue weighted by Gasteiger charge is -2.15. The molecule has 4 nitrogen and oxygen atoms in total. The molecule has 118 valence electrons. The molecule has 2 aromatic rings. The molecule has 3 rings (SSSR count). The van der Waals surface area contributed by atoms with Crippen molar-refractivity contribution in [1.29, 1.82) is 0 Å². The first kappa shape index (κ1) is 16.9. The van der Waals surface area contributed by atoms with Crippen LogP contribution in [0.4, 0.5) is 0 Å². The Morgan fingerprint density at radius 1 is 1.23 bits per heavy atom. The highest BCUT2D eigenvalue weighted by Crippen LogP contribution is 2.32. The van der Waals surface area contributed by atoms with Crippen LogP contribution in [0.1, 0.15) is 6.42 Å². The van der Waals surface area contributed by atoms with Gasteiger partial charge >= 0.3 is 5.97 Å². The summed E-state index contributed by atoms with van der Waals surface area (Å²) in [6, 6.07) is 11.3. The van der Waals surface area contributed by atoms with Gasteiger partial charge in [0.05, 0.1) is 7.11 Å². The number of ether oxygens (including phenoxy) is 2. The molecule has 0 spiro atoms. The van der Waals surface area contributed by atoms with E-state index in [1.807, 2.05) is 36.4 Å². The largest absolute Gasteiger partial charge is 0.488 e. The van der Waals surface area contributed by atoms with Gasteiger partial charge in [-0.25, -0.2) is 0 Å². The van der Waals surface area contributed by atoms with E-state index in [-0.39, 0.29) is 30.5 Å². The number of carbonyl (C=O) groups excluding carboxylic acids is 1. The second-order valence-electron chi connectivity index (χ2n) is 5.05. The number of nitrogens with one attached hydrogen (secondary N) is 1. The van der Waals surface area contributed by atoms with E-state index in [0.29, 0.717) is 18.0 Å². The van der Waals surface area contributed by atoms with Crippen LogP contribution in [0.5, 0.6) is 5.75 Å². The number of fused-ring (bicyclic) bond motifs is 1. The van der Waals surface area contributed by atoms with Crippen LogP contribution in [0, 0.1) is 0 Å². The lowest BCUT2D eigenvalue weighted by Crippen LogP contribution is -2.31. The highest BCUT2D eigenvalue weighted by Gasteiger charge is 2.31. The summed E-state index contributed by atoms with van der Waals surface area (Å²) in [5.41, 5.74) is 0. The van der Waals surface area contributed by atoms with E-state index in [9.17, 15) is 4.79 Å². The maximum absolute atomic E-state index is 11.5. The zero-order valence-corrected chi connectivity index (χ0v) is 13.6. The van der Waals surface area contributed by atoms with E-state index in [4.69, 9.17) is 21.1 Å². The van der Waals surface area contributed by atoms with Gasteiger partial charge in [-0.1, -0.05) is 35.9 Å². The van der Waals surface area contributed by atoms with Crippen molar-refractivity contribution in [2.45, 2.75) is 18.6 Å². The van der Waals surface area contributed by atoms with Crippen molar-refractivity contribution in [2.24, 2.45) is 0 Å². The Morgan fingerprint density at radius 3 is 2.68 bits per heavy atom. The summed E-state index contributed by atoms with van der Waals surface area (Å²) in [6.07, 6.45) is 0.544. The molecular formula is C16H17Cl2NO3. The van der Waals surface area contributed by atoms with E-state index in [2.05, 4.69) is 5.32 Å². The molecule has 1 aliphatic rings. The van der Waals surface area contributed by atoms with Crippen molar-refractivity contribution >= 4 is 40.7 Å². The second kappa shape index (κ2) is 7.18. The molecular weight excluding hydrogens is 325 g/mol. The summed E-state index contributed by atoms with van der Waals surface area (Å²) >= 11 is 6.20. The molecule has 0 radical (unpaired) electrons. The van der Waals surface area contributed by atoms with Gasteiger partial charge in [0.15, 0.2) is 0 Å². The fourth-order valence-corrected chi connectivity index (χ4v) is 2.86. The highest BCUT2D eigenvalue weighted by atomic mass is 35.5. The van der Waals surface area contributed by atoms with Crippen LogP contribution in [-0.2, 0) is 9.53 Å². The van der Waals surface area contributed by atoms with E-state index in [1.54, 1.807) is 0 Å². The van der Waals surface area contributed by atoms with Gasteiger partial charge in [0.25, 0.3) is 0 Å². The molecule has 1 N–H and O–H groups in total. The molecule has 0 aromatic heterocycles. The Balaban J connectivity index is 0.00000176. The van der Waals surface area contributed by atoms with Crippen molar-refractivity contribution in [1.82, 2.24) is 5.32 Å². The minimum Gasteiger partial charge on any atom is -0.488 e. The molecule has 6 heteroatoms. The van der Waals surface area contributed by atoms with Gasteiger partial charge in [0.1, 0.15) is 17.9 Å². The first-order valence-electron chi connectivity index (χ1n) is 6.84. The van der Waals surface area contributed by atoms with E-state index >= 15 is 0 Å². The predicted molar refractivity (Wildman–Crippen MR) is 89.0 cm³/mol. The molecule has 2 aromatic carbocycles. The number of hydrogen-bond donors (Lipinski definition) is 1. The van der Waals surface area contributed by atoms with Crippen LogP contribution in [0.15, 0.2) is 36.4 Å². The maximum atomic E-state index is 11.5. The molecule has 0 amide bonds. The van der Waals surface area contributed by atoms with Crippen molar-refractivity contribution in [3.8, 4) is 5.75 Å². The topological polar surface area (TPSA) is 47.6 Å². The Hall–Kier alpha value is -1.49. The van der Waals surface area contributed by atoms with Gasteiger partial charge in [0.2, 0.25) is 0 Å². The Kier molecular flexibility index (Phi) is 5.51. The minimum atomic E-state index is -0.293. The normalized spacial score (nSPS) is 20.5. The number of benzene rings is 2. The lowest BCUT2D eigenvalue weighted by molar-refractivity contribution is -0.142. The number of rotatable bonds is 3. The van der Waals surface area contributed by atoms with Crippen molar-refractivity contribution < 1.29 is 14.3 Å². The summed E-state index contributed by atoms with van der Waals surface area (Å²) < 4.78 is 10.8. The highest BCUT2D eigenvalue weighted by molar-refractivity contribution is 6.35. The molecule has 1 fully saturated rings. The fourth-order valence-electron chi connectivity index (χ4n) is 2.63. The van der Waals surface area contributed by atoms with Gasteiger partial charge < -0.3 is 14.8 Å². The van der Waals surface area contributed by atoms with Gasteiger partial charge in [-0.05, 0) is 12.1 Å². The lowest BCUT2D eigenvalue weighted by atomic mass is 10.1. The monoisotopic (exact) mass is 341 g/mol. The number of hydrogen-bond acceptors (Lipinski definition) is 4. The van der Waals surface area contributed by atoms with Gasteiger partial charge in [-0.15, -0.1) is 12.4 Å². The number of carbonyl (C=O) groups is 1. The van der Waals surface area contributed by atoms with Crippen LogP contribution in [0.3, 0.4) is 0 Å². The van der Waals surface area contributed by atoms with Crippen LogP contribution in [0.2, 0.25) is 5.02 Å². The van der Waals surface area contributed by atoms with Crippen LogP contribution in [0.25, 0.3) is 10.8 Å². The minimum absolute atomic E-state index is 0. The summed E-state index contributed by atoms with van der Waals surface area (Å²) in [5.74, 6) is 0.536. The molecule has 0 unspecified atom stereocenters. The van der Waals surface area contributed by atoms with E-state index in [1.165, 1.54) is 7.11 Å². The Morgan fingerprint density at radius 2 is 1.95 bits per heavy atom. The first-order valence-corrected chi connectivity index (χ1v) is 7.22. The summed E-state index contributed by atoms with van der Waals surface area (Å²) in [6.45, 7) is 0.622. The second-order valence-corrected chi connectivity index (χ2v) is 5.46. The standard InChI is InChI=1S/C16H16ClNO3.ClH/c1-20-16(19)14-8-10(9-18-14)21-15-7-6-13(17)11-4-2-3-5-12(11)15;/h2-7,10,14,18H,8-9H2,1H3;1H/t10-,14+;/m1./s1. The predicted octanol–water partition coefficient (Wildman–Crippen LogP) is 3.20. The van der Waals surface area contributed by atoms with E-state index < -0.39 is 0 Å². The molecule has 0 saturated carbocycles. The molecule has 2 atom stereocenters. The maximum Gasteiger partial charge on any atom is 0.323 e. The van der Waals surface area contributed by atoms with Gasteiger partial charge in [0, 0.05) is 28.8 Å². The van der Waals surface area contributed by atoms with Gasteiger partial charge in [-0.3, -0.25) is 4.79 Å².